The van der Waals surface area contributed by atoms with Gasteiger partial charge in [-0.2, -0.15) is 0 Å². The summed E-state index contributed by atoms with van der Waals surface area (Å²) in [7, 11) is 0. The van der Waals surface area contributed by atoms with Crippen LogP contribution in [0.3, 0.4) is 0 Å². The number of ether oxygens (including phenoxy) is 2. The quantitative estimate of drug-likeness (QED) is 0.571. The van der Waals surface area contributed by atoms with Gasteiger partial charge in [-0.1, -0.05) is 0 Å². The Morgan fingerprint density at radius 1 is 1.38 bits per heavy atom. The summed E-state index contributed by atoms with van der Waals surface area (Å²) in [6, 6.07) is 5.26. The van der Waals surface area contributed by atoms with Gasteiger partial charge in [-0.3, -0.25) is 4.79 Å². The summed E-state index contributed by atoms with van der Waals surface area (Å²) in [4.78, 5) is 10.5. The maximum absolute atomic E-state index is 10.5. The molecular formula is C12H15BrO3. The van der Waals surface area contributed by atoms with E-state index in [4.69, 9.17) is 9.47 Å². The summed E-state index contributed by atoms with van der Waals surface area (Å²) in [6.45, 7) is 4.02. The van der Waals surface area contributed by atoms with E-state index in [1.165, 1.54) is 0 Å². The van der Waals surface area contributed by atoms with Crippen molar-refractivity contribution in [2.24, 2.45) is 0 Å². The molecule has 0 spiro atoms. The van der Waals surface area contributed by atoms with Gasteiger partial charge < -0.3 is 9.47 Å². The standard InChI is InChI=1S/C12H15BrO3/c1-2-15-6-3-7-16-12-5-4-10(9-14)8-11(12)13/h4-5,8-9H,2-3,6-7H2,1H3. The van der Waals surface area contributed by atoms with Gasteiger partial charge in [0, 0.05) is 25.2 Å². The van der Waals surface area contributed by atoms with Crippen molar-refractivity contribution < 1.29 is 14.3 Å². The third-order valence-corrected chi connectivity index (χ3v) is 2.61. The van der Waals surface area contributed by atoms with Crippen LogP contribution in [-0.2, 0) is 4.74 Å². The molecule has 16 heavy (non-hydrogen) atoms. The average Bonchev–Trinajstić information content (AvgIpc) is 2.30. The molecule has 0 amide bonds. The highest BCUT2D eigenvalue weighted by atomic mass is 79.9. The number of aldehydes is 1. The lowest BCUT2D eigenvalue weighted by Gasteiger charge is -2.08. The largest absolute Gasteiger partial charge is 0.492 e. The van der Waals surface area contributed by atoms with E-state index in [2.05, 4.69) is 15.9 Å². The Morgan fingerprint density at radius 3 is 2.81 bits per heavy atom. The molecule has 0 N–H and O–H groups in total. The van der Waals surface area contributed by atoms with Gasteiger partial charge in [0.1, 0.15) is 12.0 Å². The van der Waals surface area contributed by atoms with E-state index in [-0.39, 0.29) is 0 Å². The highest BCUT2D eigenvalue weighted by Crippen LogP contribution is 2.25. The topological polar surface area (TPSA) is 35.5 Å². The third kappa shape index (κ3) is 4.33. The first-order chi connectivity index (χ1) is 7.77. The van der Waals surface area contributed by atoms with Crippen LogP contribution in [0.25, 0.3) is 0 Å². The smallest absolute Gasteiger partial charge is 0.150 e. The van der Waals surface area contributed by atoms with E-state index in [0.29, 0.717) is 18.8 Å². The molecule has 0 unspecified atom stereocenters. The average molecular weight is 287 g/mol. The molecule has 0 heterocycles. The van der Waals surface area contributed by atoms with Crippen molar-refractivity contribution in [3.05, 3.63) is 28.2 Å². The molecule has 0 atom stereocenters. The molecule has 4 heteroatoms. The third-order valence-electron chi connectivity index (χ3n) is 1.99. The first-order valence-electron chi connectivity index (χ1n) is 5.23. The fourth-order valence-electron chi connectivity index (χ4n) is 1.19. The summed E-state index contributed by atoms with van der Waals surface area (Å²) in [5.74, 6) is 0.752. The molecule has 0 aliphatic heterocycles. The van der Waals surface area contributed by atoms with Gasteiger partial charge in [-0.25, -0.2) is 0 Å². The van der Waals surface area contributed by atoms with Crippen LogP contribution in [0.5, 0.6) is 5.75 Å². The summed E-state index contributed by atoms with van der Waals surface area (Å²) >= 11 is 3.36. The van der Waals surface area contributed by atoms with Gasteiger partial charge in [-0.05, 0) is 41.1 Å². The summed E-state index contributed by atoms with van der Waals surface area (Å²) < 4.78 is 11.5. The molecule has 0 aliphatic carbocycles. The Labute approximate surface area is 104 Å². The fraction of sp³-hybridized carbons (Fsp3) is 0.417. The van der Waals surface area contributed by atoms with Crippen LogP contribution in [0.4, 0.5) is 0 Å². The van der Waals surface area contributed by atoms with Crippen molar-refractivity contribution in [1.29, 1.82) is 0 Å². The van der Waals surface area contributed by atoms with E-state index in [1.807, 2.05) is 6.92 Å². The molecule has 88 valence electrons. The predicted molar refractivity (Wildman–Crippen MR) is 66.1 cm³/mol. The SMILES string of the molecule is CCOCCCOc1ccc(C=O)cc1Br. The normalized spacial score (nSPS) is 10.1. The lowest BCUT2D eigenvalue weighted by Crippen LogP contribution is -2.03. The van der Waals surface area contributed by atoms with Crippen molar-refractivity contribution in [3.63, 3.8) is 0 Å². The molecule has 0 saturated carbocycles. The van der Waals surface area contributed by atoms with E-state index in [0.717, 1.165) is 29.5 Å². The Bertz CT molecular complexity index is 339. The second kappa shape index (κ2) is 7.41. The van der Waals surface area contributed by atoms with Crippen molar-refractivity contribution in [2.75, 3.05) is 19.8 Å². The predicted octanol–water partition coefficient (Wildman–Crippen LogP) is 3.07. The zero-order chi connectivity index (χ0) is 11.8. The van der Waals surface area contributed by atoms with Gasteiger partial charge in [0.15, 0.2) is 0 Å². The molecular weight excluding hydrogens is 272 g/mol. The van der Waals surface area contributed by atoms with Crippen molar-refractivity contribution in [1.82, 2.24) is 0 Å². The van der Waals surface area contributed by atoms with Crippen molar-refractivity contribution in [3.8, 4) is 5.75 Å². The summed E-state index contributed by atoms with van der Waals surface area (Å²) in [6.07, 6.45) is 1.67. The second-order valence-electron chi connectivity index (χ2n) is 3.21. The molecule has 0 bridgehead atoms. The Morgan fingerprint density at radius 2 is 2.19 bits per heavy atom. The highest BCUT2D eigenvalue weighted by Gasteiger charge is 2.01. The van der Waals surface area contributed by atoms with Crippen LogP contribution in [0.1, 0.15) is 23.7 Å². The highest BCUT2D eigenvalue weighted by molar-refractivity contribution is 9.10. The van der Waals surface area contributed by atoms with Crippen molar-refractivity contribution in [2.45, 2.75) is 13.3 Å². The van der Waals surface area contributed by atoms with E-state index >= 15 is 0 Å². The monoisotopic (exact) mass is 286 g/mol. The van der Waals surface area contributed by atoms with Gasteiger partial charge in [0.2, 0.25) is 0 Å². The van der Waals surface area contributed by atoms with Crippen molar-refractivity contribution >= 4 is 22.2 Å². The van der Waals surface area contributed by atoms with Crippen LogP contribution in [0, 0.1) is 0 Å². The molecule has 3 nitrogen and oxygen atoms in total. The maximum Gasteiger partial charge on any atom is 0.150 e. The lowest BCUT2D eigenvalue weighted by atomic mass is 10.2. The van der Waals surface area contributed by atoms with Gasteiger partial charge in [-0.15, -0.1) is 0 Å². The molecule has 1 rings (SSSR count). The first-order valence-corrected chi connectivity index (χ1v) is 6.02. The molecule has 0 aromatic heterocycles. The molecule has 1 aromatic rings. The molecule has 0 radical (unpaired) electrons. The van der Waals surface area contributed by atoms with Gasteiger partial charge >= 0.3 is 0 Å². The van der Waals surface area contributed by atoms with E-state index < -0.39 is 0 Å². The van der Waals surface area contributed by atoms with E-state index in [9.17, 15) is 4.79 Å². The second-order valence-corrected chi connectivity index (χ2v) is 4.06. The fourth-order valence-corrected chi connectivity index (χ4v) is 1.71. The number of carbonyl (C=O) groups is 1. The number of carbonyl (C=O) groups excluding carboxylic acids is 1. The minimum absolute atomic E-state index is 0.610. The van der Waals surface area contributed by atoms with E-state index in [1.54, 1.807) is 18.2 Å². The number of rotatable bonds is 7. The number of hydrogen-bond acceptors (Lipinski definition) is 3. The summed E-state index contributed by atoms with van der Waals surface area (Å²) in [5, 5.41) is 0. The zero-order valence-corrected chi connectivity index (χ0v) is 10.8. The van der Waals surface area contributed by atoms with Crippen LogP contribution < -0.4 is 4.74 Å². The number of halogens is 1. The number of hydrogen-bond donors (Lipinski definition) is 0. The number of benzene rings is 1. The molecule has 1 aromatic carbocycles. The Kier molecular flexibility index (Phi) is 6.11. The van der Waals surface area contributed by atoms with Crippen LogP contribution in [0.15, 0.2) is 22.7 Å². The maximum atomic E-state index is 10.5. The minimum Gasteiger partial charge on any atom is -0.492 e. The molecule has 0 aliphatic rings. The molecule has 0 saturated heterocycles. The van der Waals surface area contributed by atoms with Crippen LogP contribution in [-0.4, -0.2) is 26.1 Å². The minimum atomic E-state index is 0.610. The lowest BCUT2D eigenvalue weighted by molar-refractivity contribution is 0.112. The Hall–Kier alpha value is -0.870. The van der Waals surface area contributed by atoms with Crippen LogP contribution >= 0.6 is 15.9 Å². The van der Waals surface area contributed by atoms with Gasteiger partial charge in [0.25, 0.3) is 0 Å². The first kappa shape index (κ1) is 13.2. The van der Waals surface area contributed by atoms with Crippen LogP contribution in [0.2, 0.25) is 0 Å². The molecule has 0 fully saturated rings. The summed E-state index contributed by atoms with van der Waals surface area (Å²) in [5.41, 5.74) is 0.633. The van der Waals surface area contributed by atoms with Gasteiger partial charge in [0.05, 0.1) is 11.1 Å². The Balaban J connectivity index is 2.39. The zero-order valence-electron chi connectivity index (χ0n) is 9.24.